The lowest BCUT2D eigenvalue weighted by Gasteiger charge is -2.14. The molecule has 4 heteroatoms. The van der Waals surface area contributed by atoms with Crippen LogP contribution in [0.25, 0.3) is 0 Å². The van der Waals surface area contributed by atoms with Crippen LogP contribution in [0.4, 0.5) is 0 Å². The van der Waals surface area contributed by atoms with Gasteiger partial charge in [0.2, 0.25) is 0 Å². The molecule has 0 bridgehead atoms. The van der Waals surface area contributed by atoms with Gasteiger partial charge in [0.25, 0.3) is 0 Å². The van der Waals surface area contributed by atoms with Crippen molar-refractivity contribution in [2.75, 3.05) is 31.9 Å². The fraction of sp³-hybridized carbons (Fsp3) is 0.538. The maximum atomic E-state index is 5.68. The van der Waals surface area contributed by atoms with E-state index in [1.165, 1.54) is 36.7 Å². The van der Waals surface area contributed by atoms with E-state index in [4.69, 9.17) is 5.73 Å². The zero-order chi connectivity index (χ0) is 11.2. The Morgan fingerprint density at radius 3 is 2.71 bits per heavy atom. The van der Waals surface area contributed by atoms with Crippen molar-refractivity contribution in [1.29, 1.82) is 0 Å². The topological polar surface area (TPSA) is 29.3 Å². The summed E-state index contributed by atoms with van der Waals surface area (Å²) in [5.74, 6) is 1.92. The lowest BCUT2D eigenvalue weighted by molar-refractivity contribution is 0.346. The fourth-order valence-corrected chi connectivity index (χ4v) is 3.05. The molecule has 1 aliphatic heterocycles. The average Bonchev–Trinajstić information content (AvgIpc) is 2.78. The van der Waals surface area contributed by atoms with Gasteiger partial charge in [0.1, 0.15) is 0 Å². The van der Waals surface area contributed by atoms with Crippen LogP contribution in [0.3, 0.4) is 0 Å². The average molecular weight is 273 g/mol. The number of nitrogens with zero attached hydrogens (tertiary/aromatic N) is 1. The highest BCUT2D eigenvalue weighted by molar-refractivity contribution is 7.99. The highest BCUT2D eigenvalue weighted by Crippen LogP contribution is 2.19. The molecule has 0 radical (unpaired) electrons. The summed E-state index contributed by atoms with van der Waals surface area (Å²) in [5.41, 5.74) is 5.68. The van der Waals surface area contributed by atoms with Crippen LogP contribution in [-0.4, -0.2) is 36.8 Å². The van der Waals surface area contributed by atoms with E-state index in [-0.39, 0.29) is 12.4 Å². The van der Waals surface area contributed by atoms with E-state index < -0.39 is 0 Å². The van der Waals surface area contributed by atoms with E-state index in [0.29, 0.717) is 0 Å². The first-order valence-corrected chi connectivity index (χ1v) is 6.97. The van der Waals surface area contributed by atoms with Crippen LogP contribution in [0.1, 0.15) is 6.42 Å². The lowest BCUT2D eigenvalue weighted by atomic mass is 10.1. The minimum atomic E-state index is 0. The second kappa shape index (κ2) is 7.98. The number of benzene rings is 1. The maximum Gasteiger partial charge on any atom is 0.0108 e. The molecule has 1 unspecified atom stereocenters. The molecule has 1 fully saturated rings. The van der Waals surface area contributed by atoms with Crippen LogP contribution in [-0.2, 0) is 0 Å². The zero-order valence-corrected chi connectivity index (χ0v) is 11.7. The summed E-state index contributed by atoms with van der Waals surface area (Å²) in [4.78, 5) is 3.91. The van der Waals surface area contributed by atoms with Crippen LogP contribution >= 0.6 is 24.2 Å². The smallest absolute Gasteiger partial charge is 0.0108 e. The monoisotopic (exact) mass is 272 g/mol. The highest BCUT2D eigenvalue weighted by atomic mass is 35.5. The number of hydrogen-bond acceptors (Lipinski definition) is 3. The largest absolute Gasteiger partial charge is 0.330 e. The Balaban J connectivity index is 0.00000144. The van der Waals surface area contributed by atoms with Crippen molar-refractivity contribution in [3.8, 4) is 0 Å². The standard InChI is InChI=1S/C13H20N2S.ClH/c14-10-12-6-7-15(11-12)8-9-16-13-4-2-1-3-5-13;/h1-5,12H,6-11,14H2;1H. The molecule has 0 spiro atoms. The molecule has 0 amide bonds. The van der Waals surface area contributed by atoms with Crippen molar-refractivity contribution in [3.05, 3.63) is 30.3 Å². The van der Waals surface area contributed by atoms with Crippen LogP contribution < -0.4 is 5.73 Å². The molecular formula is C13H21ClN2S. The predicted octanol–water partition coefficient (Wildman–Crippen LogP) is 2.48. The van der Waals surface area contributed by atoms with Gasteiger partial charge in [0.15, 0.2) is 0 Å². The summed E-state index contributed by atoms with van der Waals surface area (Å²) in [6, 6.07) is 10.6. The third-order valence-electron chi connectivity index (χ3n) is 3.12. The maximum absolute atomic E-state index is 5.68. The van der Waals surface area contributed by atoms with Crippen molar-refractivity contribution in [1.82, 2.24) is 4.90 Å². The number of thioether (sulfide) groups is 1. The zero-order valence-electron chi connectivity index (χ0n) is 10.0. The molecule has 0 aromatic heterocycles. The molecule has 1 saturated heterocycles. The molecule has 17 heavy (non-hydrogen) atoms. The SMILES string of the molecule is Cl.NCC1CCN(CCSc2ccccc2)C1. The minimum absolute atomic E-state index is 0. The van der Waals surface area contributed by atoms with Gasteiger partial charge in [-0.2, -0.15) is 0 Å². The third kappa shape index (κ3) is 4.88. The van der Waals surface area contributed by atoms with Gasteiger partial charge in [-0.3, -0.25) is 0 Å². The Morgan fingerprint density at radius 2 is 2.06 bits per heavy atom. The van der Waals surface area contributed by atoms with Gasteiger partial charge < -0.3 is 10.6 Å². The van der Waals surface area contributed by atoms with E-state index in [0.717, 1.165) is 12.5 Å². The molecule has 1 atom stereocenters. The lowest BCUT2D eigenvalue weighted by Crippen LogP contribution is -2.25. The Labute approximate surface area is 114 Å². The van der Waals surface area contributed by atoms with Crippen molar-refractivity contribution in [2.45, 2.75) is 11.3 Å². The van der Waals surface area contributed by atoms with E-state index in [1.807, 2.05) is 11.8 Å². The number of halogens is 1. The second-order valence-electron chi connectivity index (χ2n) is 4.35. The molecule has 1 heterocycles. The van der Waals surface area contributed by atoms with Gasteiger partial charge >= 0.3 is 0 Å². The quantitative estimate of drug-likeness (QED) is 0.835. The van der Waals surface area contributed by atoms with Gasteiger partial charge in [0.05, 0.1) is 0 Å². The van der Waals surface area contributed by atoms with Crippen LogP contribution in [0.2, 0.25) is 0 Å². The Bertz CT molecular complexity index is 308. The number of rotatable bonds is 5. The fourth-order valence-electron chi connectivity index (χ4n) is 2.12. The van der Waals surface area contributed by atoms with Crippen LogP contribution in [0.5, 0.6) is 0 Å². The molecule has 1 aromatic carbocycles. The molecule has 1 aromatic rings. The van der Waals surface area contributed by atoms with Gasteiger partial charge in [-0.1, -0.05) is 18.2 Å². The molecule has 0 aliphatic carbocycles. The summed E-state index contributed by atoms with van der Waals surface area (Å²) in [5, 5.41) is 0. The van der Waals surface area contributed by atoms with E-state index in [2.05, 4.69) is 35.2 Å². The van der Waals surface area contributed by atoms with Gasteiger partial charge in [-0.25, -0.2) is 0 Å². The van der Waals surface area contributed by atoms with Crippen LogP contribution in [0, 0.1) is 5.92 Å². The number of nitrogens with two attached hydrogens (primary N) is 1. The Morgan fingerprint density at radius 1 is 1.29 bits per heavy atom. The van der Waals surface area contributed by atoms with Crippen molar-refractivity contribution in [3.63, 3.8) is 0 Å². The predicted molar refractivity (Wildman–Crippen MR) is 78.0 cm³/mol. The van der Waals surface area contributed by atoms with E-state index in [1.54, 1.807) is 0 Å². The van der Waals surface area contributed by atoms with Crippen molar-refractivity contribution in [2.24, 2.45) is 11.7 Å². The summed E-state index contributed by atoms with van der Waals surface area (Å²) in [6.45, 7) is 4.47. The van der Waals surface area contributed by atoms with Crippen LogP contribution in [0.15, 0.2) is 35.2 Å². The molecule has 2 rings (SSSR count). The van der Waals surface area contributed by atoms with Crippen molar-refractivity contribution < 1.29 is 0 Å². The first-order valence-electron chi connectivity index (χ1n) is 5.99. The van der Waals surface area contributed by atoms with Crippen molar-refractivity contribution >= 4 is 24.2 Å². The summed E-state index contributed by atoms with van der Waals surface area (Å²) in [6.07, 6.45) is 1.28. The molecule has 2 nitrogen and oxygen atoms in total. The Kier molecular flexibility index (Phi) is 6.97. The third-order valence-corrected chi connectivity index (χ3v) is 4.11. The summed E-state index contributed by atoms with van der Waals surface area (Å²) >= 11 is 1.94. The van der Waals surface area contributed by atoms with Gasteiger partial charge in [-0.05, 0) is 37.6 Å². The van der Waals surface area contributed by atoms with E-state index >= 15 is 0 Å². The number of hydrogen-bond donors (Lipinski definition) is 1. The summed E-state index contributed by atoms with van der Waals surface area (Å²) < 4.78 is 0. The molecular weight excluding hydrogens is 252 g/mol. The summed E-state index contributed by atoms with van der Waals surface area (Å²) in [7, 11) is 0. The first-order chi connectivity index (χ1) is 7.88. The molecule has 96 valence electrons. The van der Waals surface area contributed by atoms with Gasteiger partial charge in [0, 0.05) is 23.7 Å². The molecule has 1 aliphatic rings. The highest BCUT2D eigenvalue weighted by Gasteiger charge is 2.20. The van der Waals surface area contributed by atoms with E-state index in [9.17, 15) is 0 Å². The minimum Gasteiger partial charge on any atom is -0.330 e. The second-order valence-corrected chi connectivity index (χ2v) is 5.52. The normalized spacial score (nSPS) is 20.2. The molecule has 2 N–H and O–H groups in total. The molecule has 0 saturated carbocycles. The Hall–Kier alpha value is -0.220. The number of likely N-dealkylation sites (tertiary alicyclic amines) is 1. The van der Waals surface area contributed by atoms with Gasteiger partial charge in [-0.15, -0.1) is 24.2 Å². The first kappa shape index (κ1) is 14.8.